The smallest absolute Gasteiger partial charge is 0.295 e. The molecule has 2 aliphatic heterocycles. The Labute approximate surface area is 210 Å². The highest BCUT2D eigenvalue weighted by molar-refractivity contribution is 6.46. The monoisotopic (exact) mass is 496 g/mol. The molecular weight excluding hydrogens is 464 g/mol. The van der Waals surface area contributed by atoms with E-state index in [0.717, 1.165) is 13.1 Å². The summed E-state index contributed by atoms with van der Waals surface area (Å²) in [5.74, 6) is -0.548. The van der Waals surface area contributed by atoms with Crippen molar-refractivity contribution in [3.05, 3.63) is 53.1 Å². The van der Waals surface area contributed by atoms with E-state index in [1.165, 1.54) is 11.0 Å². The minimum atomic E-state index is -0.853. The summed E-state index contributed by atoms with van der Waals surface area (Å²) in [6.45, 7) is 9.46. The Balaban J connectivity index is 1.82. The fourth-order valence-electron chi connectivity index (χ4n) is 4.56. The Morgan fingerprint density at radius 2 is 1.78 bits per heavy atom. The van der Waals surface area contributed by atoms with Gasteiger partial charge in [-0.05, 0) is 55.9 Å². The number of aliphatic hydroxyl groups is 1. The number of hydrogen-bond acceptors (Lipinski definition) is 8. The van der Waals surface area contributed by atoms with Gasteiger partial charge < -0.3 is 34.2 Å². The van der Waals surface area contributed by atoms with Crippen molar-refractivity contribution >= 4 is 17.4 Å². The number of amides is 1. The third kappa shape index (κ3) is 4.83. The fraction of sp³-hybridized carbons (Fsp3) is 0.407. The molecule has 2 aromatic carbocycles. The predicted octanol–water partition coefficient (Wildman–Crippen LogP) is 3.33. The normalized spacial score (nSPS) is 18.7. The van der Waals surface area contributed by atoms with E-state index in [0.29, 0.717) is 55.5 Å². The van der Waals surface area contributed by atoms with E-state index >= 15 is 0 Å². The molecular formula is C27H32N2O7. The maximum atomic E-state index is 13.3. The Hall–Kier alpha value is -3.72. The Bertz CT molecular complexity index is 1170. The van der Waals surface area contributed by atoms with E-state index in [9.17, 15) is 19.8 Å². The van der Waals surface area contributed by atoms with Gasteiger partial charge in [0.15, 0.2) is 23.0 Å². The number of rotatable bonds is 9. The second-order valence-corrected chi connectivity index (χ2v) is 8.54. The first-order valence-electron chi connectivity index (χ1n) is 12.3. The molecule has 0 spiro atoms. The lowest BCUT2D eigenvalue weighted by atomic mass is 9.94. The number of carbonyl (C=O) groups excluding carboxylic acids is 2. The highest BCUT2D eigenvalue weighted by Gasteiger charge is 2.46. The van der Waals surface area contributed by atoms with Crippen LogP contribution in [0.1, 0.15) is 37.9 Å². The molecule has 4 rings (SSSR count). The van der Waals surface area contributed by atoms with Gasteiger partial charge in [0.25, 0.3) is 11.7 Å². The molecule has 1 atom stereocenters. The molecule has 9 nitrogen and oxygen atoms in total. The summed E-state index contributed by atoms with van der Waals surface area (Å²) >= 11 is 0. The Morgan fingerprint density at radius 3 is 2.47 bits per heavy atom. The summed E-state index contributed by atoms with van der Waals surface area (Å²) in [6, 6.07) is 8.76. The standard InChI is InChI=1S/C27H32N2O7/c1-4-28(5-2)11-12-29-24(17-7-9-19(30)21(15-17)34-6-3)23(26(32)27(29)33)25(31)18-8-10-20-22(16-18)36-14-13-35-20/h7-10,15-16,24,30-31H,4-6,11-14H2,1-3H3. The number of ether oxygens (including phenoxy) is 3. The molecule has 1 saturated heterocycles. The van der Waals surface area contributed by atoms with E-state index in [-0.39, 0.29) is 22.8 Å². The number of fused-ring (bicyclic) bond motifs is 1. The minimum Gasteiger partial charge on any atom is -0.507 e. The van der Waals surface area contributed by atoms with Crippen molar-refractivity contribution in [2.75, 3.05) is 46.0 Å². The predicted molar refractivity (Wildman–Crippen MR) is 134 cm³/mol. The topological polar surface area (TPSA) is 109 Å². The van der Waals surface area contributed by atoms with Crippen LogP contribution in [0.25, 0.3) is 5.76 Å². The van der Waals surface area contributed by atoms with Crippen LogP contribution in [0, 0.1) is 0 Å². The van der Waals surface area contributed by atoms with Gasteiger partial charge in [-0.25, -0.2) is 0 Å². The molecule has 1 unspecified atom stereocenters. The van der Waals surface area contributed by atoms with Gasteiger partial charge in [0, 0.05) is 18.7 Å². The average Bonchev–Trinajstić information content (AvgIpc) is 3.15. The lowest BCUT2D eigenvalue weighted by Crippen LogP contribution is -2.38. The minimum absolute atomic E-state index is 0.0237. The van der Waals surface area contributed by atoms with E-state index in [1.54, 1.807) is 37.3 Å². The van der Waals surface area contributed by atoms with Crippen LogP contribution in [0.3, 0.4) is 0 Å². The zero-order chi connectivity index (χ0) is 25.8. The van der Waals surface area contributed by atoms with Crippen LogP contribution in [0.2, 0.25) is 0 Å². The molecule has 36 heavy (non-hydrogen) atoms. The molecule has 192 valence electrons. The van der Waals surface area contributed by atoms with E-state index in [4.69, 9.17) is 14.2 Å². The van der Waals surface area contributed by atoms with E-state index < -0.39 is 17.7 Å². The Morgan fingerprint density at radius 1 is 1.06 bits per heavy atom. The molecule has 2 heterocycles. The highest BCUT2D eigenvalue weighted by Crippen LogP contribution is 2.42. The summed E-state index contributed by atoms with van der Waals surface area (Å²) < 4.78 is 16.7. The number of aliphatic hydroxyl groups excluding tert-OH is 1. The molecule has 2 aromatic rings. The summed E-state index contributed by atoms with van der Waals surface area (Å²) in [5, 5.41) is 21.6. The number of phenols is 1. The van der Waals surface area contributed by atoms with Crippen LogP contribution >= 0.6 is 0 Å². The Kier molecular flexibility index (Phi) is 7.69. The number of ketones is 1. The van der Waals surface area contributed by atoms with Crippen molar-refractivity contribution in [3.8, 4) is 23.0 Å². The lowest BCUT2D eigenvalue weighted by molar-refractivity contribution is -0.140. The van der Waals surface area contributed by atoms with Gasteiger partial charge >= 0.3 is 0 Å². The molecule has 0 aromatic heterocycles. The summed E-state index contributed by atoms with van der Waals surface area (Å²) in [4.78, 5) is 30.2. The van der Waals surface area contributed by atoms with Crippen LogP contribution in [0.15, 0.2) is 42.0 Å². The highest BCUT2D eigenvalue weighted by atomic mass is 16.6. The molecule has 0 saturated carbocycles. The number of nitrogens with zero attached hydrogens (tertiary/aromatic N) is 2. The van der Waals surface area contributed by atoms with Crippen molar-refractivity contribution in [2.24, 2.45) is 0 Å². The van der Waals surface area contributed by atoms with Crippen LogP contribution in [-0.2, 0) is 9.59 Å². The zero-order valence-electron chi connectivity index (χ0n) is 20.8. The summed E-state index contributed by atoms with van der Waals surface area (Å²) in [7, 11) is 0. The number of phenolic OH excluding ortho intramolecular Hbond substituents is 1. The van der Waals surface area contributed by atoms with Gasteiger partial charge in [0.1, 0.15) is 19.0 Å². The SMILES string of the molecule is CCOc1cc(C2C(=C(O)c3ccc4c(c3)OCCO4)C(=O)C(=O)N2CCN(CC)CC)ccc1O. The maximum Gasteiger partial charge on any atom is 0.295 e. The maximum absolute atomic E-state index is 13.3. The largest absolute Gasteiger partial charge is 0.507 e. The fourth-order valence-corrected chi connectivity index (χ4v) is 4.56. The molecule has 2 aliphatic rings. The second-order valence-electron chi connectivity index (χ2n) is 8.54. The number of hydrogen-bond donors (Lipinski definition) is 2. The molecule has 0 aliphatic carbocycles. The summed E-state index contributed by atoms with van der Waals surface area (Å²) in [6.07, 6.45) is 0. The molecule has 1 amide bonds. The number of benzene rings is 2. The number of aromatic hydroxyl groups is 1. The zero-order valence-corrected chi connectivity index (χ0v) is 20.8. The third-order valence-corrected chi connectivity index (χ3v) is 6.51. The third-order valence-electron chi connectivity index (χ3n) is 6.51. The first-order valence-corrected chi connectivity index (χ1v) is 12.3. The van der Waals surface area contributed by atoms with Crippen LogP contribution in [0.5, 0.6) is 23.0 Å². The van der Waals surface area contributed by atoms with Gasteiger partial charge in [-0.3, -0.25) is 9.59 Å². The lowest BCUT2D eigenvalue weighted by Gasteiger charge is -2.28. The molecule has 1 fully saturated rings. The van der Waals surface area contributed by atoms with Gasteiger partial charge in [0.05, 0.1) is 18.2 Å². The van der Waals surface area contributed by atoms with Gasteiger partial charge in [-0.2, -0.15) is 0 Å². The van der Waals surface area contributed by atoms with Gasteiger partial charge in [-0.1, -0.05) is 19.9 Å². The number of Topliss-reactive ketones (excluding diaryl/α,β-unsaturated/α-hetero) is 1. The van der Waals surface area contributed by atoms with E-state index in [2.05, 4.69) is 4.90 Å². The summed E-state index contributed by atoms with van der Waals surface area (Å²) in [5.41, 5.74) is 0.869. The van der Waals surface area contributed by atoms with Gasteiger partial charge in [-0.15, -0.1) is 0 Å². The second kappa shape index (κ2) is 10.9. The molecule has 0 bridgehead atoms. The number of likely N-dealkylation sites (tertiary alicyclic amines) is 1. The van der Waals surface area contributed by atoms with Crippen molar-refractivity contribution in [3.63, 3.8) is 0 Å². The van der Waals surface area contributed by atoms with Gasteiger partial charge in [0.2, 0.25) is 0 Å². The van der Waals surface area contributed by atoms with Crippen LogP contribution in [-0.4, -0.2) is 77.7 Å². The first kappa shape index (κ1) is 25.4. The molecule has 2 N–H and O–H groups in total. The van der Waals surface area contributed by atoms with E-state index in [1.807, 2.05) is 13.8 Å². The quantitative estimate of drug-likeness (QED) is 0.309. The number of likely N-dealkylation sites (N-methyl/N-ethyl adjacent to an activating group) is 1. The average molecular weight is 497 g/mol. The molecule has 9 heteroatoms. The van der Waals surface area contributed by atoms with Crippen LogP contribution < -0.4 is 14.2 Å². The first-order chi connectivity index (χ1) is 17.4. The number of carbonyl (C=O) groups is 2. The van der Waals surface area contributed by atoms with Crippen molar-refractivity contribution in [1.29, 1.82) is 0 Å². The van der Waals surface area contributed by atoms with Crippen molar-refractivity contribution in [1.82, 2.24) is 9.80 Å². The van der Waals surface area contributed by atoms with Crippen LogP contribution in [0.4, 0.5) is 0 Å². The van der Waals surface area contributed by atoms with Crippen molar-refractivity contribution in [2.45, 2.75) is 26.8 Å². The molecule has 0 radical (unpaired) electrons. The van der Waals surface area contributed by atoms with Crippen molar-refractivity contribution < 1.29 is 34.0 Å².